The van der Waals surface area contributed by atoms with Gasteiger partial charge in [0.05, 0.1) is 0 Å². The van der Waals surface area contributed by atoms with Crippen molar-refractivity contribution >= 4 is 5.91 Å². The number of hydrogen-bond acceptors (Lipinski definition) is 4. The van der Waals surface area contributed by atoms with E-state index in [1.54, 1.807) is 18.2 Å². The summed E-state index contributed by atoms with van der Waals surface area (Å²) in [5.74, 6) is 2.33. The first-order chi connectivity index (χ1) is 9.78. The van der Waals surface area contributed by atoms with Crippen LogP contribution < -0.4 is 20.5 Å². The van der Waals surface area contributed by atoms with Gasteiger partial charge in [0.2, 0.25) is 6.79 Å². The van der Waals surface area contributed by atoms with Crippen LogP contribution >= 0.6 is 0 Å². The second-order valence-electron chi connectivity index (χ2n) is 5.46. The van der Waals surface area contributed by atoms with Crippen molar-refractivity contribution in [3.8, 4) is 11.5 Å². The number of carbonyl (C=O) groups is 1. The van der Waals surface area contributed by atoms with E-state index >= 15 is 0 Å². The Labute approximate surface area is 118 Å². The van der Waals surface area contributed by atoms with E-state index in [-0.39, 0.29) is 12.7 Å². The Morgan fingerprint density at radius 3 is 2.90 bits per heavy atom. The fourth-order valence-corrected chi connectivity index (χ4v) is 3.06. The Morgan fingerprint density at radius 2 is 2.05 bits per heavy atom. The van der Waals surface area contributed by atoms with Gasteiger partial charge in [-0.1, -0.05) is 6.42 Å². The highest BCUT2D eigenvalue weighted by Gasteiger charge is 2.26. The molecular formula is C15H20N2O3. The van der Waals surface area contributed by atoms with E-state index in [9.17, 15) is 4.79 Å². The van der Waals surface area contributed by atoms with Gasteiger partial charge in [-0.25, -0.2) is 0 Å². The molecule has 2 atom stereocenters. The van der Waals surface area contributed by atoms with Crippen LogP contribution in [0.2, 0.25) is 0 Å². The van der Waals surface area contributed by atoms with Crippen molar-refractivity contribution in [2.45, 2.75) is 19.3 Å². The molecule has 0 spiro atoms. The second-order valence-corrected chi connectivity index (χ2v) is 5.46. The average molecular weight is 276 g/mol. The average Bonchev–Trinajstić information content (AvgIpc) is 3.12. The molecule has 0 radical (unpaired) electrons. The number of amides is 1. The maximum Gasteiger partial charge on any atom is 0.251 e. The van der Waals surface area contributed by atoms with Crippen molar-refractivity contribution < 1.29 is 14.3 Å². The number of benzene rings is 1. The lowest BCUT2D eigenvalue weighted by Crippen LogP contribution is -2.32. The molecule has 1 heterocycles. The standard InChI is InChI=1S/C15H20N2O3/c16-7-11-2-1-3-12(11)8-17-15(18)10-4-5-13-14(6-10)20-9-19-13/h4-6,11-12H,1-3,7-9,16H2,(H,17,18). The van der Waals surface area contributed by atoms with Crippen molar-refractivity contribution in [2.24, 2.45) is 17.6 Å². The molecule has 5 nitrogen and oxygen atoms in total. The van der Waals surface area contributed by atoms with E-state index in [0.717, 1.165) is 6.42 Å². The largest absolute Gasteiger partial charge is 0.454 e. The Hall–Kier alpha value is -1.75. The van der Waals surface area contributed by atoms with Gasteiger partial charge in [-0.2, -0.15) is 0 Å². The van der Waals surface area contributed by atoms with E-state index in [0.29, 0.717) is 42.0 Å². The molecule has 2 aliphatic rings. The van der Waals surface area contributed by atoms with Crippen LogP contribution in [-0.4, -0.2) is 25.8 Å². The highest BCUT2D eigenvalue weighted by atomic mass is 16.7. The smallest absolute Gasteiger partial charge is 0.251 e. The van der Waals surface area contributed by atoms with E-state index < -0.39 is 0 Å². The Kier molecular flexibility index (Phi) is 3.78. The van der Waals surface area contributed by atoms with Gasteiger partial charge in [-0.05, 0) is 49.4 Å². The first kappa shape index (κ1) is 13.2. The minimum atomic E-state index is -0.0639. The molecule has 20 heavy (non-hydrogen) atoms. The Balaban J connectivity index is 1.59. The maximum atomic E-state index is 12.2. The summed E-state index contributed by atoms with van der Waals surface area (Å²) in [6.45, 7) is 1.64. The second kappa shape index (κ2) is 5.71. The van der Waals surface area contributed by atoms with Crippen LogP contribution in [0.15, 0.2) is 18.2 Å². The lowest BCUT2D eigenvalue weighted by Gasteiger charge is -2.18. The van der Waals surface area contributed by atoms with Gasteiger partial charge in [0.15, 0.2) is 11.5 Å². The molecule has 1 saturated carbocycles. The summed E-state index contributed by atoms with van der Waals surface area (Å²) in [6.07, 6.45) is 3.55. The number of hydrogen-bond donors (Lipinski definition) is 2. The first-order valence-corrected chi connectivity index (χ1v) is 7.16. The Bertz CT molecular complexity index is 504. The predicted octanol–water partition coefficient (Wildman–Crippen LogP) is 1.52. The monoisotopic (exact) mass is 276 g/mol. The van der Waals surface area contributed by atoms with Crippen molar-refractivity contribution in [3.05, 3.63) is 23.8 Å². The zero-order valence-electron chi connectivity index (χ0n) is 11.4. The molecule has 108 valence electrons. The Morgan fingerprint density at radius 1 is 1.25 bits per heavy atom. The molecule has 1 aromatic rings. The van der Waals surface area contributed by atoms with Gasteiger partial charge >= 0.3 is 0 Å². The summed E-state index contributed by atoms with van der Waals surface area (Å²) < 4.78 is 10.5. The van der Waals surface area contributed by atoms with E-state index in [1.807, 2.05) is 0 Å². The van der Waals surface area contributed by atoms with Crippen molar-refractivity contribution in [3.63, 3.8) is 0 Å². The van der Waals surface area contributed by atoms with Crippen molar-refractivity contribution in [1.29, 1.82) is 0 Å². The minimum Gasteiger partial charge on any atom is -0.454 e. The molecule has 1 aliphatic heterocycles. The topological polar surface area (TPSA) is 73.6 Å². The summed E-state index contributed by atoms with van der Waals surface area (Å²) in [6, 6.07) is 5.26. The van der Waals surface area contributed by atoms with Crippen LogP contribution in [0.1, 0.15) is 29.6 Å². The summed E-state index contributed by atoms with van der Waals surface area (Å²) >= 11 is 0. The number of carbonyl (C=O) groups excluding carboxylic acids is 1. The zero-order valence-corrected chi connectivity index (χ0v) is 11.4. The first-order valence-electron chi connectivity index (χ1n) is 7.16. The molecule has 1 fully saturated rings. The molecule has 5 heteroatoms. The SMILES string of the molecule is NCC1CCCC1CNC(=O)c1ccc2c(c1)OCO2. The quantitative estimate of drug-likeness (QED) is 0.874. The number of ether oxygens (including phenoxy) is 2. The third-order valence-corrected chi connectivity index (χ3v) is 4.28. The molecule has 3 N–H and O–H groups in total. The minimum absolute atomic E-state index is 0.0639. The zero-order chi connectivity index (χ0) is 13.9. The summed E-state index contributed by atoms with van der Waals surface area (Å²) in [7, 11) is 0. The number of rotatable bonds is 4. The molecule has 1 aromatic carbocycles. The molecule has 0 bridgehead atoms. The number of nitrogens with two attached hydrogens (primary N) is 1. The van der Waals surface area contributed by atoms with Gasteiger partial charge in [0, 0.05) is 12.1 Å². The predicted molar refractivity (Wildman–Crippen MR) is 74.8 cm³/mol. The van der Waals surface area contributed by atoms with Gasteiger partial charge in [0.1, 0.15) is 0 Å². The van der Waals surface area contributed by atoms with Crippen LogP contribution in [-0.2, 0) is 0 Å². The van der Waals surface area contributed by atoms with Gasteiger partial charge in [0.25, 0.3) is 5.91 Å². The van der Waals surface area contributed by atoms with Crippen LogP contribution in [0.5, 0.6) is 11.5 Å². The molecule has 1 aliphatic carbocycles. The van der Waals surface area contributed by atoms with Gasteiger partial charge in [-0.3, -0.25) is 4.79 Å². The van der Waals surface area contributed by atoms with Gasteiger partial charge < -0.3 is 20.5 Å². The lowest BCUT2D eigenvalue weighted by molar-refractivity contribution is 0.0943. The molecule has 3 rings (SSSR count). The molecule has 2 unspecified atom stereocenters. The van der Waals surface area contributed by atoms with Crippen molar-refractivity contribution in [2.75, 3.05) is 19.9 Å². The van der Waals surface area contributed by atoms with E-state index in [4.69, 9.17) is 15.2 Å². The lowest BCUT2D eigenvalue weighted by atomic mass is 9.96. The molecular weight excluding hydrogens is 256 g/mol. The normalized spacial score (nSPS) is 23.9. The molecule has 0 saturated heterocycles. The van der Waals surface area contributed by atoms with Crippen LogP contribution in [0, 0.1) is 11.8 Å². The van der Waals surface area contributed by atoms with E-state index in [2.05, 4.69) is 5.32 Å². The highest BCUT2D eigenvalue weighted by Crippen LogP contribution is 2.33. The molecule has 1 amide bonds. The summed E-state index contributed by atoms with van der Waals surface area (Å²) in [5, 5.41) is 3.01. The number of nitrogens with one attached hydrogen (secondary N) is 1. The highest BCUT2D eigenvalue weighted by molar-refractivity contribution is 5.94. The van der Waals surface area contributed by atoms with Crippen LogP contribution in [0.3, 0.4) is 0 Å². The molecule has 0 aromatic heterocycles. The third kappa shape index (κ3) is 2.58. The summed E-state index contributed by atoms with van der Waals surface area (Å²) in [4.78, 5) is 12.2. The fourth-order valence-electron chi connectivity index (χ4n) is 3.06. The fraction of sp³-hybridized carbons (Fsp3) is 0.533. The summed E-state index contributed by atoms with van der Waals surface area (Å²) in [5.41, 5.74) is 6.37. The van der Waals surface area contributed by atoms with Crippen molar-refractivity contribution in [1.82, 2.24) is 5.32 Å². The third-order valence-electron chi connectivity index (χ3n) is 4.28. The van der Waals surface area contributed by atoms with Crippen LogP contribution in [0.25, 0.3) is 0 Å². The maximum absolute atomic E-state index is 12.2. The van der Waals surface area contributed by atoms with Gasteiger partial charge in [-0.15, -0.1) is 0 Å². The number of fused-ring (bicyclic) bond motifs is 1. The van der Waals surface area contributed by atoms with Crippen LogP contribution in [0.4, 0.5) is 0 Å². The van der Waals surface area contributed by atoms with E-state index in [1.165, 1.54) is 12.8 Å².